The van der Waals surface area contributed by atoms with Crippen LogP contribution < -0.4 is 10.5 Å². The zero-order valence-corrected chi connectivity index (χ0v) is 24.8. The minimum Gasteiger partial charge on any atom is -0.494 e. The van der Waals surface area contributed by atoms with Crippen molar-refractivity contribution in [3.63, 3.8) is 0 Å². The van der Waals surface area contributed by atoms with Gasteiger partial charge < -0.3 is 24.5 Å². The normalized spacial score (nSPS) is 21.7. The van der Waals surface area contributed by atoms with Crippen LogP contribution in [0.4, 0.5) is 0 Å². The number of fused-ring (bicyclic) bond motifs is 5. The molecule has 0 unspecified atom stereocenters. The number of hydrogen-bond acceptors (Lipinski definition) is 6. The Hall–Kier alpha value is -4.18. The predicted molar refractivity (Wildman–Crippen MR) is 165 cm³/mol. The van der Waals surface area contributed by atoms with Crippen molar-refractivity contribution in [2.24, 2.45) is 24.6 Å². The molecule has 10 heteroatoms. The maximum atomic E-state index is 13.8. The Bertz CT molecular complexity index is 1830. The molecule has 43 heavy (non-hydrogen) atoms. The van der Waals surface area contributed by atoms with E-state index in [9.17, 15) is 4.79 Å². The number of carbonyl (C=O) groups excluding carboxylic acids is 1. The van der Waals surface area contributed by atoms with Crippen LogP contribution in [-0.4, -0.2) is 65.4 Å². The smallest absolute Gasteiger partial charge is 0.254 e. The third-order valence-electron chi connectivity index (χ3n) is 10.0. The summed E-state index contributed by atoms with van der Waals surface area (Å²) in [5.41, 5.74) is 12.3. The number of nitrogens with two attached hydrogens (primary N) is 1. The molecule has 10 nitrogen and oxygen atoms in total. The second kappa shape index (κ2) is 10.2. The van der Waals surface area contributed by atoms with Gasteiger partial charge in [-0.05, 0) is 74.1 Å². The van der Waals surface area contributed by atoms with Crippen LogP contribution in [0.15, 0.2) is 49.1 Å². The molecule has 2 aliphatic heterocycles. The summed E-state index contributed by atoms with van der Waals surface area (Å²) in [5, 5.41) is 5.51. The van der Waals surface area contributed by atoms with Crippen molar-refractivity contribution in [1.29, 1.82) is 0 Å². The molecule has 2 bridgehead atoms. The number of amides is 1. The van der Waals surface area contributed by atoms with Crippen LogP contribution in [0.2, 0.25) is 0 Å². The molecular weight excluding hydrogens is 540 g/mol. The van der Waals surface area contributed by atoms with Crippen molar-refractivity contribution in [3.05, 3.63) is 60.2 Å². The Labute approximate surface area is 250 Å². The molecule has 3 atom stereocenters. The maximum Gasteiger partial charge on any atom is 0.254 e. The molecule has 5 aromatic rings. The van der Waals surface area contributed by atoms with Crippen molar-refractivity contribution >= 4 is 27.8 Å². The van der Waals surface area contributed by atoms with Crippen LogP contribution in [0, 0.1) is 11.8 Å². The molecule has 4 fully saturated rings. The van der Waals surface area contributed by atoms with Crippen molar-refractivity contribution in [2.45, 2.75) is 63.7 Å². The van der Waals surface area contributed by atoms with E-state index in [2.05, 4.69) is 43.5 Å². The van der Waals surface area contributed by atoms with E-state index in [-0.39, 0.29) is 18.0 Å². The second-order valence-electron chi connectivity index (χ2n) is 12.7. The fraction of sp³-hybridized carbons (Fsp3) is 0.455. The number of imidazole rings is 1. The van der Waals surface area contributed by atoms with E-state index in [1.54, 1.807) is 19.8 Å². The number of piperidine rings is 2. The number of nitrogens with zero attached hydrogens (tertiary/aromatic N) is 7. The highest BCUT2D eigenvalue weighted by Crippen LogP contribution is 2.40. The minimum absolute atomic E-state index is 0.0499. The first kappa shape index (κ1) is 26.4. The third-order valence-corrected chi connectivity index (χ3v) is 10.0. The highest BCUT2D eigenvalue weighted by Gasteiger charge is 2.41. The lowest BCUT2D eigenvalue weighted by Gasteiger charge is -2.48. The standard InChI is InChI=1S/C33H38N8O2/c1-38-31-27(12-24(14-29(31)43-2)33(42)40-17-23-8-9-25(40)15-26(23)34)37-32(38)28-13-22-5-3-4-21(10-11-39-19-35-18-36-39)30(22)41(28)16-20-6-7-20/h3-5,12-14,18-20,23,25-26H,6-11,15-17,34H2,1-2H3/t23-,25-,26+/m1/s1. The van der Waals surface area contributed by atoms with Crippen molar-refractivity contribution in [2.75, 3.05) is 13.7 Å². The van der Waals surface area contributed by atoms with Gasteiger partial charge in [0.25, 0.3) is 5.91 Å². The molecular formula is C33H38N8O2. The summed E-state index contributed by atoms with van der Waals surface area (Å²) in [6.07, 6.45) is 9.75. The Morgan fingerprint density at radius 1 is 1.12 bits per heavy atom. The number of aryl methyl sites for hydroxylation is 3. The number of ether oxygens (including phenoxy) is 1. The summed E-state index contributed by atoms with van der Waals surface area (Å²) in [7, 11) is 3.72. The highest BCUT2D eigenvalue weighted by atomic mass is 16.5. The van der Waals surface area contributed by atoms with Crippen LogP contribution in [-0.2, 0) is 26.6 Å². The van der Waals surface area contributed by atoms with Gasteiger partial charge >= 0.3 is 0 Å². The number of para-hydroxylation sites is 1. The summed E-state index contributed by atoms with van der Waals surface area (Å²) in [4.78, 5) is 25.2. The van der Waals surface area contributed by atoms with E-state index in [0.717, 1.165) is 67.9 Å². The van der Waals surface area contributed by atoms with Gasteiger partial charge in [0, 0.05) is 49.7 Å². The van der Waals surface area contributed by atoms with Gasteiger partial charge in [0.1, 0.15) is 23.9 Å². The quantitative estimate of drug-likeness (QED) is 0.292. The average Bonchev–Trinajstić information content (AvgIpc) is 3.39. The molecule has 0 radical (unpaired) electrons. The van der Waals surface area contributed by atoms with Gasteiger partial charge in [0.05, 0.1) is 23.8 Å². The Morgan fingerprint density at radius 2 is 2.00 bits per heavy atom. The van der Waals surface area contributed by atoms with Crippen LogP contribution in [0.3, 0.4) is 0 Å². The summed E-state index contributed by atoms with van der Waals surface area (Å²) in [6.45, 7) is 2.47. The van der Waals surface area contributed by atoms with E-state index in [1.807, 2.05) is 28.8 Å². The molecule has 2 N–H and O–H groups in total. The van der Waals surface area contributed by atoms with Crippen LogP contribution in [0.1, 0.15) is 48.0 Å². The predicted octanol–water partition coefficient (Wildman–Crippen LogP) is 4.40. The number of hydrogen-bond donors (Lipinski definition) is 1. The van der Waals surface area contributed by atoms with Crippen molar-refractivity contribution < 1.29 is 9.53 Å². The molecule has 1 amide bonds. The van der Waals surface area contributed by atoms with E-state index in [4.69, 9.17) is 15.5 Å². The first-order valence-corrected chi connectivity index (χ1v) is 15.5. The van der Waals surface area contributed by atoms with Gasteiger partial charge in [0.15, 0.2) is 5.82 Å². The lowest BCUT2D eigenvalue weighted by atomic mass is 9.76. The van der Waals surface area contributed by atoms with Crippen LogP contribution in [0.25, 0.3) is 33.5 Å². The molecule has 2 aromatic carbocycles. The zero-order valence-electron chi connectivity index (χ0n) is 24.8. The largest absolute Gasteiger partial charge is 0.494 e. The van der Waals surface area contributed by atoms with E-state index >= 15 is 0 Å². The summed E-state index contributed by atoms with van der Waals surface area (Å²) in [6, 6.07) is 13.1. The molecule has 3 aromatic heterocycles. The number of methoxy groups -OCH3 is 1. The van der Waals surface area contributed by atoms with E-state index in [0.29, 0.717) is 23.1 Å². The second-order valence-corrected chi connectivity index (χ2v) is 12.7. The molecule has 5 heterocycles. The first-order valence-electron chi connectivity index (χ1n) is 15.5. The number of aromatic nitrogens is 6. The number of benzene rings is 2. The fourth-order valence-electron chi connectivity index (χ4n) is 7.51. The van der Waals surface area contributed by atoms with E-state index < -0.39 is 0 Å². The van der Waals surface area contributed by atoms with Gasteiger partial charge in [-0.2, -0.15) is 5.10 Å². The Morgan fingerprint density at radius 3 is 2.72 bits per heavy atom. The van der Waals surface area contributed by atoms with Crippen molar-refractivity contribution in [3.8, 4) is 17.3 Å². The lowest BCUT2D eigenvalue weighted by Crippen LogP contribution is -2.58. The number of rotatable bonds is 8. The summed E-state index contributed by atoms with van der Waals surface area (Å²) in [5.74, 6) is 2.66. The topological polar surface area (TPSA) is 109 Å². The fourth-order valence-corrected chi connectivity index (χ4v) is 7.51. The molecule has 0 spiro atoms. The summed E-state index contributed by atoms with van der Waals surface area (Å²) < 4.78 is 12.4. The van der Waals surface area contributed by atoms with Crippen LogP contribution >= 0.6 is 0 Å². The van der Waals surface area contributed by atoms with Crippen molar-refractivity contribution in [1.82, 2.24) is 33.8 Å². The van der Waals surface area contributed by atoms with Gasteiger partial charge in [-0.1, -0.05) is 18.2 Å². The average molecular weight is 579 g/mol. The Balaban J connectivity index is 1.21. The molecule has 4 aliphatic rings. The molecule has 2 saturated carbocycles. The summed E-state index contributed by atoms with van der Waals surface area (Å²) >= 11 is 0. The highest BCUT2D eigenvalue weighted by molar-refractivity contribution is 6.00. The van der Waals surface area contributed by atoms with Gasteiger partial charge in [-0.15, -0.1) is 0 Å². The van der Waals surface area contributed by atoms with Crippen LogP contribution in [0.5, 0.6) is 5.75 Å². The Kier molecular flexibility index (Phi) is 6.29. The molecule has 222 valence electrons. The maximum absolute atomic E-state index is 13.8. The third kappa shape index (κ3) is 4.50. The first-order chi connectivity index (χ1) is 21.0. The number of carbonyl (C=O) groups is 1. The van der Waals surface area contributed by atoms with Gasteiger partial charge in [-0.25, -0.2) is 9.97 Å². The van der Waals surface area contributed by atoms with Gasteiger partial charge in [0.2, 0.25) is 0 Å². The van der Waals surface area contributed by atoms with Gasteiger partial charge in [-0.3, -0.25) is 9.48 Å². The minimum atomic E-state index is 0.0499. The SMILES string of the molecule is COc1cc(C(=O)N2C[C@H]3CC[C@@H]2C[C@@H]3N)cc2nc(-c3cc4cccc(CCn5cncn5)c4n3CC3CC3)n(C)c12. The lowest BCUT2D eigenvalue weighted by molar-refractivity contribution is 0.0261. The molecule has 9 rings (SSSR count). The molecule has 2 saturated heterocycles. The molecule has 2 aliphatic carbocycles. The van der Waals surface area contributed by atoms with E-state index in [1.165, 1.54) is 29.3 Å². The zero-order chi connectivity index (χ0) is 29.2. The monoisotopic (exact) mass is 578 g/mol.